The third kappa shape index (κ3) is 1.41. The Balaban J connectivity index is 2.57. The maximum Gasteiger partial charge on any atom is 0.169 e. The Labute approximate surface area is 80.0 Å². The Bertz CT molecular complexity index is 460. The second kappa shape index (κ2) is 3.25. The van der Waals surface area contributed by atoms with Gasteiger partial charge in [-0.25, -0.2) is 8.78 Å². The van der Waals surface area contributed by atoms with Crippen LogP contribution in [0.5, 0.6) is 0 Å². The van der Waals surface area contributed by atoms with Gasteiger partial charge in [-0.2, -0.15) is 0 Å². The molecule has 0 spiro atoms. The van der Waals surface area contributed by atoms with E-state index in [2.05, 4.69) is 0 Å². The molecule has 1 nitrogen and oxygen atoms in total. The second-order valence-electron chi connectivity index (χ2n) is 3.01. The van der Waals surface area contributed by atoms with Crippen LogP contribution < -0.4 is 0 Å². The van der Waals surface area contributed by atoms with Gasteiger partial charge in [0.05, 0.1) is 5.56 Å². The molecule has 0 saturated heterocycles. The number of halogens is 2. The van der Waals surface area contributed by atoms with E-state index in [-0.39, 0.29) is 5.56 Å². The smallest absolute Gasteiger partial charge is 0.169 e. The topological polar surface area (TPSA) is 13.1 Å². The first-order valence-corrected chi connectivity index (χ1v) is 4.19. The standard InChI is InChI=1S/C11H8F2O/c1-7-5-6-10(14-7)8-3-2-4-9(12)11(8)13/h2-6H,1H3. The Hall–Kier alpha value is -1.64. The van der Waals surface area contributed by atoms with Gasteiger partial charge in [-0.15, -0.1) is 0 Å². The van der Waals surface area contributed by atoms with Crippen LogP contribution in [0.3, 0.4) is 0 Å². The molecule has 0 atom stereocenters. The Morgan fingerprint density at radius 1 is 1.07 bits per heavy atom. The highest BCUT2D eigenvalue weighted by molar-refractivity contribution is 5.58. The first-order chi connectivity index (χ1) is 6.68. The monoisotopic (exact) mass is 194 g/mol. The largest absolute Gasteiger partial charge is 0.461 e. The van der Waals surface area contributed by atoms with E-state index in [4.69, 9.17) is 4.42 Å². The van der Waals surface area contributed by atoms with Crippen LogP contribution in [-0.2, 0) is 0 Å². The molecule has 2 rings (SSSR count). The van der Waals surface area contributed by atoms with Crippen molar-refractivity contribution in [2.24, 2.45) is 0 Å². The summed E-state index contributed by atoms with van der Waals surface area (Å²) in [4.78, 5) is 0. The zero-order valence-corrected chi connectivity index (χ0v) is 7.55. The first kappa shape index (κ1) is 8.94. The molecule has 0 aliphatic heterocycles. The number of benzene rings is 1. The Morgan fingerprint density at radius 3 is 2.50 bits per heavy atom. The summed E-state index contributed by atoms with van der Waals surface area (Å²) >= 11 is 0. The minimum Gasteiger partial charge on any atom is -0.461 e. The van der Waals surface area contributed by atoms with Crippen molar-refractivity contribution in [1.82, 2.24) is 0 Å². The number of furan rings is 1. The minimum atomic E-state index is -0.873. The third-order valence-electron chi connectivity index (χ3n) is 1.96. The average molecular weight is 194 g/mol. The lowest BCUT2D eigenvalue weighted by Crippen LogP contribution is -1.87. The summed E-state index contributed by atoms with van der Waals surface area (Å²) in [5, 5.41) is 0. The molecule has 2 aromatic rings. The van der Waals surface area contributed by atoms with Gasteiger partial charge in [0.15, 0.2) is 11.6 Å². The van der Waals surface area contributed by atoms with Crippen LogP contribution in [0.25, 0.3) is 11.3 Å². The van der Waals surface area contributed by atoms with Crippen molar-refractivity contribution >= 4 is 0 Å². The van der Waals surface area contributed by atoms with Gasteiger partial charge in [0.2, 0.25) is 0 Å². The molecule has 14 heavy (non-hydrogen) atoms. The molecule has 0 unspecified atom stereocenters. The Kier molecular flexibility index (Phi) is 2.08. The number of hydrogen-bond donors (Lipinski definition) is 0. The van der Waals surface area contributed by atoms with Crippen molar-refractivity contribution in [3.8, 4) is 11.3 Å². The molecule has 0 aliphatic rings. The summed E-state index contributed by atoms with van der Waals surface area (Å²) in [6.07, 6.45) is 0. The van der Waals surface area contributed by atoms with E-state index in [9.17, 15) is 8.78 Å². The van der Waals surface area contributed by atoms with Gasteiger partial charge < -0.3 is 4.42 Å². The normalized spacial score (nSPS) is 10.5. The van der Waals surface area contributed by atoms with E-state index in [1.165, 1.54) is 12.1 Å². The molecule has 0 N–H and O–H groups in total. The summed E-state index contributed by atoms with van der Waals surface area (Å²) < 4.78 is 31.3. The molecule has 3 heteroatoms. The van der Waals surface area contributed by atoms with Gasteiger partial charge in [0, 0.05) is 0 Å². The van der Waals surface area contributed by atoms with E-state index in [0.29, 0.717) is 11.5 Å². The predicted molar refractivity (Wildman–Crippen MR) is 48.8 cm³/mol. The van der Waals surface area contributed by atoms with Gasteiger partial charge in [-0.1, -0.05) is 6.07 Å². The van der Waals surface area contributed by atoms with Crippen LogP contribution in [-0.4, -0.2) is 0 Å². The summed E-state index contributed by atoms with van der Waals surface area (Å²) in [7, 11) is 0. The van der Waals surface area contributed by atoms with Crippen molar-refractivity contribution in [3.63, 3.8) is 0 Å². The molecule has 1 heterocycles. The third-order valence-corrected chi connectivity index (χ3v) is 1.96. The average Bonchev–Trinajstić information content (AvgIpc) is 2.57. The molecule has 0 fully saturated rings. The molecule has 0 aliphatic carbocycles. The van der Waals surface area contributed by atoms with Crippen LogP contribution in [0, 0.1) is 18.6 Å². The van der Waals surface area contributed by atoms with Gasteiger partial charge in [0.25, 0.3) is 0 Å². The molecule has 1 aromatic heterocycles. The van der Waals surface area contributed by atoms with Gasteiger partial charge in [-0.3, -0.25) is 0 Å². The van der Waals surface area contributed by atoms with E-state index >= 15 is 0 Å². The first-order valence-electron chi connectivity index (χ1n) is 4.19. The van der Waals surface area contributed by atoms with Crippen molar-refractivity contribution < 1.29 is 13.2 Å². The number of aryl methyl sites for hydroxylation is 1. The Morgan fingerprint density at radius 2 is 1.86 bits per heavy atom. The molecule has 0 amide bonds. The zero-order chi connectivity index (χ0) is 10.1. The quantitative estimate of drug-likeness (QED) is 0.676. The molecular formula is C11H8F2O. The lowest BCUT2D eigenvalue weighted by Gasteiger charge is -1.99. The maximum atomic E-state index is 13.3. The molecule has 0 bridgehead atoms. The minimum absolute atomic E-state index is 0.151. The maximum absolute atomic E-state index is 13.3. The summed E-state index contributed by atoms with van der Waals surface area (Å²) in [6, 6.07) is 7.34. The van der Waals surface area contributed by atoms with Crippen LogP contribution >= 0.6 is 0 Å². The van der Waals surface area contributed by atoms with E-state index in [0.717, 1.165) is 6.07 Å². The zero-order valence-electron chi connectivity index (χ0n) is 7.55. The summed E-state index contributed by atoms with van der Waals surface area (Å²) in [6.45, 7) is 1.75. The van der Waals surface area contributed by atoms with E-state index in [1.807, 2.05) is 0 Å². The van der Waals surface area contributed by atoms with Crippen molar-refractivity contribution in [2.75, 3.05) is 0 Å². The molecule has 0 saturated carbocycles. The van der Waals surface area contributed by atoms with E-state index in [1.54, 1.807) is 19.1 Å². The molecule has 72 valence electrons. The van der Waals surface area contributed by atoms with Gasteiger partial charge in [0.1, 0.15) is 11.5 Å². The highest BCUT2D eigenvalue weighted by Crippen LogP contribution is 2.25. The summed E-state index contributed by atoms with van der Waals surface area (Å²) in [5.41, 5.74) is 0.151. The van der Waals surface area contributed by atoms with Crippen molar-refractivity contribution in [2.45, 2.75) is 6.92 Å². The van der Waals surface area contributed by atoms with Crippen molar-refractivity contribution in [1.29, 1.82) is 0 Å². The van der Waals surface area contributed by atoms with Crippen LogP contribution in [0.1, 0.15) is 5.76 Å². The fraction of sp³-hybridized carbons (Fsp3) is 0.0909. The molecule has 1 aromatic carbocycles. The molecular weight excluding hydrogens is 186 g/mol. The fourth-order valence-corrected chi connectivity index (χ4v) is 1.27. The van der Waals surface area contributed by atoms with Gasteiger partial charge >= 0.3 is 0 Å². The molecule has 0 radical (unpaired) electrons. The lowest BCUT2D eigenvalue weighted by molar-refractivity contribution is 0.500. The second-order valence-corrected chi connectivity index (χ2v) is 3.01. The van der Waals surface area contributed by atoms with Crippen molar-refractivity contribution in [3.05, 3.63) is 47.7 Å². The number of hydrogen-bond acceptors (Lipinski definition) is 1. The lowest BCUT2D eigenvalue weighted by atomic mass is 10.1. The SMILES string of the molecule is Cc1ccc(-c2cccc(F)c2F)o1. The highest BCUT2D eigenvalue weighted by atomic mass is 19.2. The number of rotatable bonds is 1. The van der Waals surface area contributed by atoms with Crippen LogP contribution in [0.2, 0.25) is 0 Å². The van der Waals surface area contributed by atoms with E-state index < -0.39 is 11.6 Å². The van der Waals surface area contributed by atoms with Crippen LogP contribution in [0.15, 0.2) is 34.7 Å². The van der Waals surface area contributed by atoms with Gasteiger partial charge in [-0.05, 0) is 31.2 Å². The highest BCUT2D eigenvalue weighted by Gasteiger charge is 2.11. The fourth-order valence-electron chi connectivity index (χ4n) is 1.27. The van der Waals surface area contributed by atoms with Crippen LogP contribution in [0.4, 0.5) is 8.78 Å². The summed E-state index contributed by atoms with van der Waals surface area (Å²) in [5.74, 6) is -0.721. The predicted octanol–water partition coefficient (Wildman–Crippen LogP) is 3.53.